The zero-order valence-corrected chi connectivity index (χ0v) is 6.60. The van der Waals surface area contributed by atoms with Crippen molar-refractivity contribution in [2.45, 2.75) is 32.6 Å². The number of rotatable bonds is 4. The van der Waals surface area contributed by atoms with Gasteiger partial charge in [0.2, 0.25) is 0 Å². The van der Waals surface area contributed by atoms with Crippen LogP contribution in [-0.2, 0) is 0 Å². The molecule has 0 aliphatic rings. The summed E-state index contributed by atoms with van der Waals surface area (Å²) in [6, 6.07) is 0. The smallest absolute Gasteiger partial charge is 0.0559 e. The molecule has 0 unspecified atom stereocenters. The third-order valence-corrected chi connectivity index (χ3v) is 1.35. The van der Waals surface area contributed by atoms with Crippen molar-refractivity contribution in [3.05, 3.63) is 4.84 Å². The standard InChI is InChI=1S/C6H11Cl2/c1-2-3-4-5-6(7)8/h2-5H2,1H3/q-1. The van der Waals surface area contributed by atoms with Crippen molar-refractivity contribution in [1.29, 1.82) is 0 Å². The molecule has 0 aromatic rings. The predicted octanol–water partition coefficient (Wildman–Crippen LogP) is 3.53. The first-order chi connectivity index (χ1) is 3.77. The summed E-state index contributed by atoms with van der Waals surface area (Å²) in [6.07, 6.45) is 4.43. The lowest BCUT2D eigenvalue weighted by Crippen LogP contribution is -1.76. The molecule has 0 heterocycles. The largest absolute Gasteiger partial charge is 0.329 e. The molecule has 0 spiro atoms. The monoisotopic (exact) mass is 153 g/mol. The van der Waals surface area contributed by atoms with Gasteiger partial charge in [0.25, 0.3) is 0 Å². The van der Waals surface area contributed by atoms with Gasteiger partial charge in [-0.25, -0.2) is 0 Å². The summed E-state index contributed by atoms with van der Waals surface area (Å²) in [5, 5.41) is 0. The van der Waals surface area contributed by atoms with Crippen LogP contribution in [-0.4, -0.2) is 0 Å². The zero-order chi connectivity index (χ0) is 6.41. The molecule has 0 aromatic heterocycles. The van der Waals surface area contributed by atoms with E-state index in [4.69, 9.17) is 23.2 Å². The topological polar surface area (TPSA) is 0 Å². The van der Waals surface area contributed by atoms with E-state index in [0.29, 0.717) is 4.84 Å². The molecule has 8 heavy (non-hydrogen) atoms. The van der Waals surface area contributed by atoms with E-state index in [1.165, 1.54) is 12.8 Å². The van der Waals surface area contributed by atoms with E-state index >= 15 is 0 Å². The third kappa shape index (κ3) is 6.58. The van der Waals surface area contributed by atoms with Gasteiger partial charge in [-0.3, -0.25) is 0 Å². The molecule has 0 aliphatic carbocycles. The van der Waals surface area contributed by atoms with Crippen LogP contribution in [0.4, 0.5) is 0 Å². The van der Waals surface area contributed by atoms with E-state index in [2.05, 4.69) is 6.92 Å². The fourth-order valence-corrected chi connectivity index (χ4v) is 0.776. The minimum atomic E-state index is 0.512. The minimum Gasteiger partial charge on any atom is -0.329 e. The van der Waals surface area contributed by atoms with Crippen molar-refractivity contribution < 1.29 is 0 Å². The van der Waals surface area contributed by atoms with Crippen LogP contribution in [0.2, 0.25) is 0 Å². The molecular weight excluding hydrogens is 143 g/mol. The fourth-order valence-electron chi connectivity index (χ4n) is 0.509. The van der Waals surface area contributed by atoms with E-state index in [1.54, 1.807) is 0 Å². The summed E-state index contributed by atoms with van der Waals surface area (Å²) in [4.78, 5) is 0.512. The number of hydrogen-bond donors (Lipinski definition) is 0. The first kappa shape index (κ1) is 8.58. The van der Waals surface area contributed by atoms with Gasteiger partial charge in [-0.05, 0) is 0 Å². The molecule has 0 amide bonds. The SMILES string of the molecule is CCCCC[C-](Cl)Cl. The summed E-state index contributed by atoms with van der Waals surface area (Å²) in [6.45, 7) is 2.15. The average molecular weight is 154 g/mol. The normalized spacial score (nSPS) is 10.5. The molecule has 0 atom stereocenters. The maximum absolute atomic E-state index is 5.40. The van der Waals surface area contributed by atoms with Gasteiger partial charge >= 0.3 is 0 Å². The molecule has 50 valence electrons. The second kappa shape index (κ2) is 5.71. The lowest BCUT2D eigenvalue weighted by Gasteiger charge is -2.11. The average Bonchev–Trinajstić information content (AvgIpc) is 1.66. The molecule has 0 aliphatic heterocycles. The second-order valence-corrected chi connectivity index (χ2v) is 2.90. The van der Waals surface area contributed by atoms with Gasteiger partial charge in [0.1, 0.15) is 0 Å². The molecule has 0 rings (SSSR count). The Labute approximate surface area is 61.2 Å². The van der Waals surface area contributed by atoms with E-state index in [9.17, 15) is 0 Å². The van der Waals surface area contributed by atoms with Crippen LogP contribution >= 0.6 is 23.2 Å². The summed E-state index contributed by atoms with van der Waals surface area (Å²) >= 11 is 10.8. The summed E-state index contributed by atoms with van der Waals surface area (Å²) < 4.78 is 0. The molecule has 0 aromatic carbocycles. The van der Waals surface area contributed by atoms with Crippen LogP contribution in [0.25, 0.3) is 0 Å². The molecule has 0 nitrogen and oxygen atoms in total. The first-order valence-corrected chi connectivity index (χ1v) is 3.69. The van der Waals surface area contributed by atoms with Gasteiger partial charge in [-0.15, -0.1) is 4.84 Å². The van der Waals surface area contributed by atoms with Crippen molar-refractivity contribution in [3.8, 4) is 0 Å². The maximum atomic E-state index is 5.40. The fraction of sp³-hybridized carbons (Fsp3) is 0.833. The van der Waals surface area contributed by atoms with Crippen molar-refractivity contribution in [3.63, 3.8) is 0 Å². The van der Waals surface area contributed by atoms with Crippen LogP contribution in [0.15, 0.2) is 0 Å². The molecular formula is C6H11Cl2-. The molecule has 0 saturated carbocycles. The van der Waals surface area contributed by atoms with Gasteiger partial charge in [0.05, 0.1) is 0 Å². The van der Waals surface area contributed by atoms with Crippen molar-refractivity contribution in [2.24, 2.45) is 0 Å². The Kier molecular flexibility index (Phi) is 6.13. The van der Waals surface area contributed by atoms with Crippen LogP contribution in [0.5, 0.6) is 0 Å². The predicted molar refractivity (Wildman–Crippen MR) is 39.1 cm³/mol. The Balaban J connectivity index is 2.72. The van der Waals surface area contributed by atoms with Crippen molar-refractivity contribution in [2.75, 3.05) is 0 Å². The number of hydrogen-bond acceptors (Lipinski definition) is 0. The molecule has 0 bridgehead atoms. The molecule has 0 fully saturated rings. The van der Waals surface area contributed by atoms with Crippen molar-refractivity contribution in [1.82, 2.24) is 0 Å². The first-order valence-electron chi connectivity index (χ1n) is 2.94. The Morgan fingerprint density at radius 1 is 1.25 bits per heavy atom. The molecule has 0 N–H and O–H groups in total. The molecule has 2 heteroatoms. The van der Waals surface area contributed by atoms with Crippen molar-refractivity contribution >= 4 is 23.2 Å². The lowest BCUT2D eigenvalue weighted by molar-refractivity contribution is 0.717. The highest BCUT2D eigenvalue weighted by Crippen LogP contribution is 2.19. The van der Waals surface area contributed by atoms with Gasteiger partial charge in [0, 0.05) is 0 Å². The summed E-state index contributed by atoms with van der Waals surface area (Å²) in [5.41, 5.74) is 0. The second-order valence-electron chi connectivity index (χ2n) is 1.80. The lowest BCUT2D eigenvalue weighted by atomic mass is 10.2. The maximum Gasteiger partial charge on any atom is -0.0559 e. The van der Waals surface area contributed by atoms with E-state index in [-0.39, 0.29) is 0 Å². The van der Waals surface area contributed by atoms with Crippen LogP contribution in [0.3, 0.4) is 0 Å². The zero-order valence-electron chi connectivity index (χ0n) is 5.08. The van der Waals surface area contributed by atoms with Gasteiger partial charge in [0.15, 0.2) is 0 Å². The Hall–Kier alpha value is 0.580. The Morgan fingerprint density at radius 2 is 1.88 bits per heavy atom. The van der Waals surface area contributed by atoms with Crippen LogP contribution in [0, 0.1) is 4.84 Å². The van der Waals surface area contributed by atoms with Gasteiger partial charge in [-0.2, -0.15) is 6.42 Å². The number of unbranched alkanes of at least 4 members (excludes halogenated alkanes) is 2. The summed E-state index contributed by atoms with van der Waals surface area (Å²) in [7, 11) is 0. The quantitative estimate of drug-likeness (QED) is 0.429. The van der Waals surface area contributed by atoms with Crippen LogP contribution < -0.4 is 0 Å². The highest BCUT2D eigenvalue weighted by atomic mass is 35.5. The molecule has 0 radical (unpaired) electrons. The Morgan fingerprint density at radius 3 is 2.25 bits per heavy atom. The van der Waals surface area contributed by atoms with E-state index in [1.807, 2.05) is 0 Å². The van der Waals surface area contributed by atoms with Gasteiger partial charge < -0.3 is 23.2 Å². The third-order valence-electron chi connectivity index (χ3n) is 0.969. The highest BCUT2D eigenvalue weighted by molar-refractivity contribution is 6.52. The minimum absolute atomic E-state index is 0.512. The summed E-state index contributed by atoms with van der Waals surface area (Å²) in [5.74, 6) is 0. The molecule has 0 saturated heterocycles. The van der Waals surface area contributed by atoms with E-state index in [0.717, 1.165) is 12.8 Å². The van der Waals surface area contributed by atoms with Crippen LogP contribution in [0.1, 0.15) is 32.6 Å². The number of halogens is 2. The Bertz CT molecular complexity index is 43.8. The highest BCUT2D eigenvalue weighted by Gasteiger charge is 1.82. The van der Waals surface area contributed by atoms with Gasteiger partial charge in [-0.1, -0.05) is 26.2 Å². The van der Waals surface area contributed by atoms with E-state index < -0.39 is 0 Å².